The third kappa shape index (κ3) is 6.79. The highest BCUT2D eigenvalue weighted by Gasteiger charge is 2.16. The molecule has 6 nitrogen and oxygen atoms in total. The maximum atomic E-state index is 12.5. The van der Waals surface area contributed by atoms with Gasteiger partial charge in [0.05, 0.1) is 18.0 Å². The fraction of sp³-hybridized carbons (Fsp3) is 0.167. The van der Waals surface area contributed by atoms with Crippen molar-refractivity contribution in [2.24, 2.45) is 0 Å². The van der Waals surface area contributed by atoms with Crippen molar-refractivity contribution in [1.82, 2.24) is 0 Å². The summed E-state index contributed by atoms with van der Waals surface area (Å²) in [6, 6.07) is 23.8. The fourth-order valence-electron chi connectivity index (χ4n) is 2.72. The van der Waals surface area contributed by atoms with Gasteiger partial charge in [0.25, 0.3) is 5.91 Å². The minimum Gasteiger partial charge on any atom is -0.495 e. The fourth-order valence-corrected chi connectivity index (χ4v) is 3.59. The average molecular weight is 437 g/mol. The van der Waals surface area contributed by atoms with Crippen LogP contribution in [0, 0.1) is 0 Å². The molecule has 160 valence electrons. The summed E-state index contributed by atoms with van der Waals surface area (Å²) in [7, 11) is 1.57. The Bertz CT molecular complexity index is 1010. The Balaban J connectivity index is 1.49. The van der Waals surface area contributed by atoms with Gasteiger partial charge >= 0.3 is 0 Å². The topological polar surface area (TPSA) is 76.7 Å². The Labute approximate surface area is 186 Å². The van der Waals surface area contributed by atoms with E-state index >= 15 is 0 Å². The molecule has 0 aliphatic carbocycles. The molecule has 7 heteroatoms. The highest BCUT2D eigenvalue weighted by Crippen LogP contribution is 2.28. The lowest BCUT2D eigenvalue weighted by atomic mass is 10.3. The molecule has 1 unspecified atom stereocenters. The predicted molar refractivity (Wildman–Crippen MR) is 124 cm³/mol. The predicted octanol–water partition coefficient (Wildman–Crippen LogP) is 4.83. The molecule has 31 heavy (non-hydrogen) atoms. The number of anilines is 2. The highest BCUT2D eigenvalue weighted by atomic mass is 32.2. The summed E-state index contributed by atoms with van der Waals surface area (Å²) in [5, 5.41) is 5.37. The lowest BCUT2D eigenvalue weighted by Crippen LogP contribution is -2.22. The normalized spacial score (nSPS) is 11.3. The number of methoxy groups -OCH3 is 1. The van der Waals surface area contributed by atoms with E-state index in [1.54, 1.807) is 43.5 Å². The molecule has 2 amide bonds. The number of hydrogen-bond acceptors (Lipinski definition) is 5. The summed E-state index contributed by atoms with van der Waals surface area (Å²) in [6.45, 7) is 1.77. The SMILES string of the molecule is COc1ccccc1NC(=O)C(C)Sc1ccc(NC(=O)COc2ccccc2)cc1. The monoisotopic (exact) mass is 436 g/mol. The van der Waals surface area contributed by atoms with Crippen LogP contribution in [0.1, 0.15) is 6.92 Å². The molecule has 0 aliphatic heterocycles. The van der Waals surface area contributed by atoms with Crippen molar-refractivity contribution in [3.63, 3.8) is 0 Å². The van der Waals surface area contributed by atoms with E-state index in [1.165, 1.54) is 11.8 Å². The summed E-state index contributed by atoms with van der Waals surface area (Å²) in [5.74, 6) is 0.896. The van der Waals surface area contributed by atoms with Crippen LogP contribution in [-0.2, 0) is 9.59 Å². The number of ether oxygens (including phenoxy) is 2. The number of nitrogens with one attached hydrogen (secondary N) is 2. The van der Waals surface area contributed by atoms with Gasteiger partial charge in [-0.15, -0.1) is 11.8 Å². The van der Waals surface area contributed by atoms with Gasteiger partial charge in [-0.25, -0.2) is 0 Å². The molecule has 0 spiro atoms. The smallest absolute Gasteiger partial charge is 0.262 e. The number of para-hydroxylation sites is 3. The minimum atomic E-state index is -0.315. The molecule has 3 aromatic carbocycles. The Kier molecular flexibility index (Phi) is 7.95. The molecular weight excluding hydrogens is 412 g/mol. The summed E-state index contributed by atoms with van der Waals surface area (Å²) >= 11 is 1.43. The van der Waals surface area contributed by atoms with Crippen LogP contribution in [0.5, 0.6) is 11.5 Å². The lowest BCUT2D eigenvalue weighted by molar-refractivity contribution is -0.118. The van der Waals surface area contributed by atoms with Gasteiger partial charge in [0.1, 0.15) is 11.5 Å². The number of thioether (sulfide) groups is 1. The van der Waals surface area contributed by atoms with Crippen LogP contribution < -0.4 is 20.1 Å². The summed E-state index contributed by atoms with van der Waals surface area (Å²) in [5.41, 5.74) is 1.30. The van der Waals surface area contributed by atoms with Gasteiger partial charge in [0.2, 0.25) is 5.91 Å². The second-order valence-electron chi connectivity index (χ2n) is 6.62. The van der Waals surface area contributed by atoms with Crippen molar-refractivity contribution in [2.75, 3.05) is 24.4 Å². The van der Waals surface area contributed by atoms with Crippen LogP contribution in [0.15, 0.2) is 83.8 Å². The quantitative estimate of drug-likeness (QED) is 0.470. The number of amides is 2. The standard InChI is InChI=1S/C24H24N2O4S/c1-17(24(28)26-21-10-6-7-11-22(21)29-2)31-20-14-12-18(13-15-20)25-23(27)16-30-19-8-4-3-5-9-19/h3-15,17H,16H2,1-2H3,(H,25,27)(H,26,28). The average Bonchev–Trinajstić information content (AvgIpc) is 2.80. The summed E-state index contributed by atoms with van der Waals surface area (Å²) < 4.78 is 10.7. The van der Waals surface area contributed by atoms with E-state index in [-0.39, 0.29) is 23.7 Å². The molecule has 3 aromatic rings. The molecule has 0 saturated carbocycles. The zero-order valence-electron chi connectivity index (χ0n) is 17.3. The Morgan fingerprint density at radius 2 is 1.58 bits per heavy atom. The number of carbonyl (C=O) groups is 2. The first kappa shape index (κ1) is 22.2. The van der Waals surface area contributed by atoms with E-state index in [0.29, 0.717) is 22.9 Å². The molecule has 0 fully saturated rings. The molecule has 0 radical (unpaired) electrons. The van der Waals surface area contributed by atoms with Crippen molar-refractivity contribution in [3.8, 4) is 11.5 Å². The summed E-state index contributed by atoms with van der Waals surface area (Å²) in [6.07, 6.45) is 0. The van der Waals surface area contributed by atoms with Crippen LogP contribution in [0.3, 0.4) is 0 Å². The number of benzene rings is 3. The van der Waals surface area contributed by atoms with E-state index in [2.05, 4.69) is 10.6 Å². The molecule has 0 aromatic heterocycles. The Morgan fingerprint density at radius 1 is 0.903 bits per heavy atom. The first-order valence-corrected chi connectivity index (χ1v) is 10.6. The Morgan fingerprint density at radius 3 is 2.29 bits per heavy atom. The third-order valence-corrected chi connectivity index (χ3v) is 5.41. The number of rotatable bonds is 9. The molecular formula is C24H24N2O4S. The van der Waals surface area contributed by atoms with Crippen LogP contribution in [0.25, 0.3) is 0 Å². The molecule has 1 atom stereocenters. The minimum absolute atomic E-state index is 0.0688. The van der Waals surface area contributed by atoms with Gasteiger partial charge in [-0.1, -0.05) is 30.3 Å². The molecule has 0 heterocycles. The van der Waals surface area contributed by atoms with Crippen molar-refractivity contribution in [1.29, 1.82) is 0 Å². The van der Waals surface area contributed by atoms with Crippen LogP contribution in [-0.4, -0.2) is 30.8 Å². The van der Waals surface area contributed by atoms with Gasteiger partial charge in [-0.2, -0.15) is 0 Å². The molecule has 3 rings (SSSR count). The summed E-state index contributed by atoms with van der Waals surface area (Å²) in [4.78, 5) is 25.5. The Hall–Kier alpha value is -3.45. The van der Waals surface area contributed by atoms with E-state index in [4.69, 9.17) is 9.47 Å². The maximum absolute atomic E-state index is 12.5. The highest BCUT2D eigenvalue weighted by molar-refractivity contribution is 8.00. The lowest BCUT2D eigenvalue weighted by Gasteiger charge is -2.14. The van der Waals surface area contributed by atoms with Crippen LogP contribution >= 0.6 is 11.8 Å². The second kappa shape index (κ2) is 11.1. The zero-order valence-corrected chi connectivity index (χ0v) is 18.1. The van der Waals surface area contributed by atoms with Gasteiger partial charge in [-0.05, 0) is 55.5 Å². The van der Waals surface area contributed by atoms with Gasteiger partial charge in [0.15, 0.2) is 6.61 Å². The first-order valence-electron chi connectivity index (χ1n) is 9.73. The van der Waals surface area contributed by atoms with E-state index in [9.17, 15) is 9.59 Å². The third-order valence-electron chi connectivity index (χ3n) is 4.30. The van der Waals surface area contributed by atoms with Gasteiger partial charge in [0, 0.05) is 10.6 Å². The first-order chi connectivity index (χ1) is 15.0. The van der Waals surface area contributed by atoms with Crippen molar-refractivity contribution < 1.29 is 19.1 Å². The van der Waals surface area contributed by atoms with Crippen LogP contribution in [0.4, 0.5) is 11.4 Å². The number of hydrogen-bond donors (Lipinski definition) is 2. The van der Waals surface area contributed by atoms with E-state index in [0.717, 1.165) is 4.90 Å². The zero-order chi connectivity index (χ0) is 22.1. The number of carbonyl (C=O) groups excluding carboxylic acids is 2. The van der Waals surface area contributed by atoms with Crippen molar-refractivity contribution in [2.45, 2.75) is 17.1 Å². The maximum Gasteiger partial charge on any atom is 0.262 e. The molecule has 0 aliphatic rings. The molecule has 0 saturated heterocycles. The van der Waals surface area contributed by atoms with Gasteiger partial charge in [-0.3, -0.25) is 9.59 Å². The molecule has 0 bridgehead atoms. The molecule has 2 N–H and O–H groups in total. The van der Waals surface area contributed by atoms with E-state index in [1.807, 2.05) is 49.4 Å². The van der Waals surface area contributed by atoms with Crippen molar-refractivity contribution in [3.05, 3.63) is 78.9 Å². The van der Waals surface area contributed by atoms with Gasteiger partial charge < -0.3 is 20.1 Å². The second-order valence-corrected chi connectivity index (χ2v) is 8.04. The van der Waals surface area contributed by atoms with Crippen LogP contribution in [0.2, 0.25) is 0 Å². The largest absolute Gasteiger partial charge is 0.495 e. The van der Waals surface area contributed by atoms with E-state index < -0.39 is 0 Å². The van der Waals surface area contributed by atoms with Crippen molar-refractivity contribution >= 4 is 35.0 Å².